The number of benzene rings is 2. The molecular formula is C30H35FN2O4. The Kier molecular flexibility index (Phi) is 6.91. The molecule has 2 bridgehead atoms. The lowest BCUT2D eigenvalue weighted by molar-refractivity contribution is 0.0456. The fourth-order valence-corrected chi connectivity index (χ4v) is 6.36. The van der Waals surface area contributed by atoms with E-state index in [1.54, 1.807) is 4.57 Å². The molecule has 196 valence electrons. The fraction of sp³-hybridized carbons (Fsp3) is 0.500. The zero-order chi connectivity index (χ0) is 25.4. The number of ether oxygens (including phenoxy) is 3. The maximum absolute atomic E-state index is 13.3. The molecule has 3 aromatic rings. The van der Waals surface area contributed by atoms with Crippen LogP contribution in [-0.2, 0) is 4.74 Å². The van der Waals surface area contributed by atoms with Gasteiger partial charge >= 0.3 is 0 Å². The van der Waals surface area contributed by atoms with Crippen molar-refractivity contribution in [3.63, 3.8) is 0 Å². The van der Waals surface area contributed by atoms with Gasteiger partial charge in [0.05, 0.1) is 6.10 Å². The highest BCUT2D eigenvalue weighted by Crippen LogP contribution is 2.37. The Morgan fingerprint density at radius 2 is 1.89 bits per heavy atom. The molecule has 6 rings (SSSR count). The van der Waals surface area contributed by atoms with Gasteiger partial charge in [0, 0.05) is 42.5 Å². The fourth-order valence-electron chi connectivity index (χ4n) is 6.36. The normalized spacial score (nSPS) is 25.6. The SMILES string of the molecule is Cc1cc(-n2ccc3cc(OC[C@H]4CCCO4)ccc3c2=O)ccc1OC1C[C@H]2CC[C@@H](C1)N2CCF. The number of hydrogen-bond donors (Lipinski definition) is 0. The standard InChI is InChI=1S/C30H35FN2O4/c1-20-15-22(6-9-29(20)37-27-17-23-4-5-24(18-27)32(23)13-11-31)33-12-10-21-16-25(7-8-28(21)30(33)34)36-19-26-3-2-14-35-26/h6-10,12,15-16,23-24,26-27H,2-5,11,13-14,17-19H2,1H3/t23-,24+,26-,27?/m1/s1. The molecule has 4 atom stereocenters. The Morgan fingerprint density at radius 3 is 2.62 bits per heavy atom. The largest absolute Gasteiger partial charge is 0.491 e. The lowest BCUT2D eigenvalue weighted by Crippen LogP contribution is -2.47. The van der Waals surface area contributed by atoms with E-state index < -0.39 is 0 Å². The minimum absolute atomic E-state index is 0.0620. The van der Waals surface area contributed by atoms with E-state index in [0.717, 1.165) is 73.3 Å². The average molecular weight is 507 g/mol. The third-order valence-electron chi connectivity index (χ3n) is 8.25. The highest BCUT2D eigenvalue weighted by Gasteiger charge is 2.41. The second-order valence-corrected chi connectivity index (χ2v) is 10.7. The second-order valence-electron chi connectivity index (χ2n) is 10.7. The van der Waals surface area contributed by atoms with Gasteiger partial charge in [0.2, 0.25) is 0 Å². The number of piperidine rings is 1. The first kappa shape index (κ1) is 24.4. The van der Waals surface area contributed by atoms with Gasteiger partial charge in [0.15, 0.2) is 0 Å². The summed E-state index contributed by atoms with van der Waals surface area (Å²) in [6.07, 6.45) is 8.40. The molecule has 4 heterocycles. The van der Waals surface area contributed by atoms with E-state index in [2.05, 4.69) is 4.90 Å². The van der Waals surface area contributed by atoms with Crippen molar-refractivity contribution in [2.75, 3.05) is 26.4 Å². The molecule has 3 saturated heterocycles. The summed E-state index contributed by atoms with van der Waals surface area (Å²) in [5, 5.41) is 1.51. The Labute approximate surface area is 216 Å². The maximum atomic E-state index is 13.3. The van der Waals surface area contributed by atoms with Crippen LogP contribution in [0, 0.1) is 6.92 Å². The summed E-state index contributed by atoms with van der Waals surface area (Å²) in [5.41, 5.74) is 1.75. The smallest absolute Gasteiger partial charge is 0.262 e. The van der Waals surface area contributed by atoms with E-state index >= 15 is 0 Å². The number of pyridine rings is 1. The number of aromatic nitrogens is 1. The first-order valence-electron chi connectivity index (χ1n) is 13.6. The molecule has 1 unspecified atom stereocenters. The van der Waals surface area contributed by atoms with Gasteiger partial charge in [-0.05, 0) is 98.9 Å². The molecule has 2 aromatic carbocycles. The molecule has 0 N–H and O–H groups in total. The van der Waals surface area contributed by atoms with Gasteiger partial charge in [-0.15, -0.1) is 0 Å². The van der Waals surface area contributed by atoms with Crippen molar-refractivity contribution in [2.24, 2.45) is 0 Å². The van der Waals surface area contributed by atoms with Crippen molar-refractivity contribution >= 4 is 10.8 Å². The molecule has 3 aliphatic heterocycles. The van der Waals surface area contributed by atoms with Crippen LogP contribution >= 0.6 is 0 Å². The van der Waals surface area contributed by atoms with Crippen molar-refractivity contribution in [1.82, 2.24) is 9.47 Å². The van der Waals surface area contributed by atoms with Crippen molar-refractivity contribution < 1.29 is 18.6 Å². The van der Waals surface area contributed by atoms with E-state index in [-0.39, 0.29) is 24.4 Å². The predicted molar refractivity (Wildman–Crippen MR) is 142 cm³/mol. The minimum atomic E-state index is -0.280. The Balaban J connectivity index is 1.16. The molecule has 0 radical (unpaired) electrons. The van der Waals surface area contributed by atoms with Gasteiger partial charge in [0.25, 0.3) is 5.56 Å². The maximum Gasteiger partial charge on any atom is 0.262 e. The average Bonchev–Trinajstić information content (AvgIpc) is 3.50. The molecule has 0 saturated carbocycles. The number of halogens is 1. The van der Waals surface area contributed by atoms with Crippen LogP contribution in [0.2, 0.25) is 0 Å². The Bertz CT molecular complexity index is 1300. The Morgan fingerprint density at radius 1 is 1.05 bits per heavy atom. The summed E-state index contributed by atoms with van der Waals surface area (Å²) >= 11 is 0. The van der Waals surface area contributed by atoms with Crippen LogP contribution in [0.25, 0.3) is 16.5 Å². The molecule has 0 aliphatic carbocycles. The predicted octanol–water partition coefficient (Wildman–Crippen LogP) is 5.20. The zero-order valence-corrected chi connectivity index (χ0v) is 21.4. The molecule has 37 heavy (non-hydrogen) atoms. The summed E-state index contributed by atoms with van der Waals surface area (Å²) in [6, 6.07) is 14.4. The van der Waals surface area contributed by atoms with E-state index in [9.17, 15) is 9.18 Å². The number of rotatable bonds is 8. The number of fused-ring (bicyclic) bond motifs is 3. The first-order valence-corrected chi connectivity index (χ1v) is 13.6. The van der Waals surface area contributed by atoms with Gasteiger partial charge in [-0.3, -0.25) is 14.3 Å². The molecule has 1 aromatic heterocycles. The topological polar surface area (TPSA) is 52.9 Å². The molecular weight excluding hydrogens is 471 g/mol. The van der Waals surface area contributed by atoms with Crippen LogP contribution in [0.1, 0.15) is 44.1 Å². The Hall–Kier alpha value is -2.90. The van der Waals surface area contributed by atoms with Crippen LogP contribution in [0.3, 0.4) is 0 Å². The first-order chi connectivity index (χ1) is 18.1. The summed E-state index contributed by atoms with van der Waals surface area (Å²) in [7, 11) is 0. The molecule has 0 amide bonds. The molecule has 0 spiro atoms. The van der Waals surface area contributed by atoms with E-state index in [0.29, 0.717) is 30.6 Å². The monoisotopic (exact) mass is 506 g/mol. The lowest BCUT2D eigenvalue weighted by atomic mass is 9.99. The van der Waals surface area contributed by atoms with Crippen LogP contribution in [0.4, 0.5) is 4.39 Å². The van der Waals surface area contributed by atoms with Gasteiger partial charge in [0.1, 0.15) is 30.9 Å². The third kappa shape index (κ3) is 4.99. The van der Waals surface area contributed by atoms with E-state index in [1.807, 2.05) is 55.6 Å². The van der Waals surface area contributed by atoms with Crippen LogP contribution in [-0.4, -0.2) is 60.2 Å². The van der Waals surface area contributed by atoms with Gasteiger partial charge < -0.3 is 14.2 Å². The molecule has 3 aliphatic rings. The van der Waals surface area contributed by atoms with Crippen molar-refractivity contribution in [2.45, 2.75) is 69.7 Å². The van der Waals surface area contributed by atoms with Gasteiger partial charge in [-0.25, -0.2) is 4.39 Å². The highest BCUT2D eigenvalue weighted by atomic mass is 19.1. The third-order valence-corrected chi connectivity index (χ3v) is 8.25. The number of nitrogens with zero attached hydrogens (tertiary/aromatic N) is 2. The van der Waals surface area contributed by atoms with Gasteiger partial charge in [-0.2, -0.15) is 0 Å². The highest BCUT2D eigenvalue weighted by molar-refractivity contribution is 5.83. The quantitative estimate of drug-likeness (QED) is 0.420. The van der Waals surface area contributed by atoms with E-state index in [1.165, 1.54) is 0 Å². The lowest BCUT2D eigenvalue weighted by Gasteiger charge is -2.38. The number of aryl methyl sites for hydroxylation is 1. The van der Waals surface area contributed by atoms with Gasteiger partial charge in [-0.1, -0.05) is 0 Å². The molecule has 7 heteroatoms. The summed E-state index contributed by atoms with van der Waals surface area (Å²) in [5.74, 6) is 1.61. The molecule has 6 nitrogen and oxygen atoms in total. The summed E-state index contributed by atoms with van der Waals surface area (Å²) in [6.45, 7) is 3.63. The number of hydrogen-bond acceptors (Lipinski definition) is 5. The molecule has 3 fully saturated rings. The van der Waals surface area contributed by atoms with Crippen molar-refractivity contribution in [3.8, 4) is 17.2 Å². The van der Waals surface area contributed by atoms with Crippen molar-refractivity contribution in [1.29, 1.82) is 0 Å². The summed E-state index contributed by atoms with van der Waals surface area (Å²) < 4.78 is 32.6. The van der Waals surface area contributed by atoms with Crippen molar-refractivity contribution in [3.05, 3.63) is 64.6 Å². The second kappa shape index (κ2) is 10.5. The van der Waals surface area contributed by atoms with Crippen LogP contribution < -0.4 is 15.0 Å². The minimum Gasteiger partial charge on any atom is -0.491 e. The number of alkyl halides is 1. The summed E-state index contributed by atoms with van der Waals surface area (Å²) in [4.78, 5) is 15.7. The van der Waals surface area contributed by atoms with Crippen LogP contribution in [0.15, 0.2) is 53.5 Å². The van der Waals surface area contributed by atoms with Crippen LogP contribution in [0.5, 0.6) is 11.5 Å². The van der Waals surface area contributed by atoms with E-state index in [4.69, 9.17) is 14.2 Å². The zero-order valence-electron chi connectivity index (χ0n) is 21.4.